The van der Waals surface area contributed by atoms with E-state index in [-0.39, 0.29) is 6.61 Å². The molecule has 10 heteroatoms. The van der Waals surface area contributed by atoms with Crippen LogP contribution in [-0.4, -0.2) is 82.1 Å². The first-order chi connectivity index (χ1) is 13.8. The van der Waals surface area contributed by atoms with E-state index < -0.39 is 0 Å². The zero-order valence-electron chi connectivity index (χ0n) is 15.7. The first kappa shape index (κ1) is 19.1. The minimum atomic E-state index is 0.171. The maximum absolute atomic E-state index is 8.84. The molecule has 0 radical (unpaired) electrons. The predicted octanol–water partition coefficient (Wildman–Crippen LogP) is 1.39. The molecule has 4 rings (SSSR count). The summed E-state index contributed by atoms with van der Waals surface area (Å²) in [5, 5.41) is 20.7. The molecule has 0 bridgehead atoms. The summed E-state index contributed by atoms with van der Waals surface area (Å²) in [5.41, 5.74) is 1.82. The largest absolute Gasteiger partial charge is 0.396 e. The van der Waals surface area contributed by atoms with Crippen LogP contribution in [0.5, 0.6) is 0 Å². The van der Waals surface area contributed by atoms with Crippen LogP contribution in [0.2, 0.25) is 0 Å². The van der Waals surface area contributed by atoms with E-state index in [9.17, 15) is 0 Å². The summed E-state index contributed by atoms with van der Waals surface area (Å²) in [6, 6.07) is 4.01. The van der Waals surface area contributed by atoms with Gasteiger partial charge < -0.3 is 20.5 Å². The lowest BCUT2D eigenvalue weighted by Gasteiger charge is -2.26. The molecule has 9 nitrogen and oxygen atoms in total. The number of anilines is 2. The molecule has 3 N–H and O–H groups in total. The van der Waals surface area contributed by atoms with Gasteiger partial charge in [-0.2, -0.15) is 0 Å². The fourth-order valence-electron chi connectivity index (χ4n) is 3.00. The summed E-state index contributed by atoms with van der Waals surface area (Å²) < 4.78 is 7.14. The van der Waals surface area contributed by atoms with Crippen LogP contribution in [0.25, 0.3) is 16.2 Å². The van der Waals surface area contributed by atoms with Crippen molar-refractivity contribution in [2.45, 2.75) is 6.42 Å². The van der Waals surface area contributed by atoms with Gasteiger partial charge in [-0.25, -0.2) is 14.5 Å². The van der Waals surface area contributed by atoms with E-state index in [2.05, 4.69) is 30.6 Å². The number of nitrogens with zero attached hydrogens (tertiary/aromatic N) is 5. The molecule has 150 valence electrons. The molecule has 0 amide bonds. The molecule has 1 saturated heterocycles. The number of fused-ring (bicyclic) bond motifs is 1. The number of nitrogens with one attached hydrogen (secondary N) is 2. The van der Waals surface area contributed by atoms with Crippen molar-refractivity contribution in [1.29, 1.82) is 0 Å². The van der Waals surface area contributed by atoms with Gasteiger partial charge in [0.05, 0.1) is 25.1 Å². The number of ether oxygens (including phenoxy) is 1. The van der Waals surface area contributed by atoms with Crippen LogP contribution in [0.3, 0.4) is 0 Å². The van der Waals surface area contributed by atoms with Gasteiger partial charge in [0.25, 0.3) is 0 Å². The maximum Gasteiger partial charge on any atom is 0.214 e. The number of aliphatic hydroxyl groups is 1. The molecule has 3 aromatic rings. The van der Waals surface area contributed by atoms with Gasteiger partial charge in [-0.15, -0.1) is 5.10 Å². The number of rotatable bonds is 9. The number of morpholine rings is 1. The summed E-state index contributed by atoms with van der Waals surface area (Å²) in [5.74, 6) is 0.867. The summed E-state index contributed by atoms with van der Waals surface area (Å²) in [6.07, 6.45) is 4.45. The second-order valence-electron chi connectivity index (χ2n) is 6.58. The Kier molecular flexibility index (Phi) is 6.32. The van der Waals surface area contributed by atoms with Gasteiger partial charge in [-0.3, -0.25) is 4.90 Å². The second-order valence-corrected chi connectivity index (χ2v) is 7.53. The third kappa shape index (κ3) is 4.76. The van der Waals surface area contributed by atoms with Gasteiger partial charge in [0.1, 0.15) is 5.82 Å². The smallest absolute Gasteiger partial charge is 0.214 e. The van der Waals surface area contributed by atoms with Crippen LogP contribution in [-0.2, 0) is 4.74 Å². The lowest BCUT2D eigenvalue weighted by atomic mass is 10.2. The Labute approximate surface area is 167 Å². The summed E-state index contributed by atoms with van der Waals surface area (Å²) >= 11 is 1.49. The Balaban J connectivity index is 1.32. The van der Waals surface area contributed by atoms with Crippen LogP contribution in [0.15, 0.2) is 24.5 Å². The Morgan fingerprint density at radius 3 is 2.82 bits per heavy atom. The normalized spacial score (nSPS) is 15.2. The van der Waals surface area contributed by atoms with E-state index in [0.717, 1.165) is 66.6 Å². The molecule has 3 aromatic heterocycles. The second kappa shape index (κ2) is 9.28. The molecule has 1 fully saturated rings. The number of hydrogen-bond acceptors (Lipinski definition) is 9. The van der Waals surface area contributed by atoms with Crippen LogP contribution in [0, 0.1) is 0 Å². The maximum atomic E-state index is 8.84. The third-order valence-corrected chi connectivity index (χ3v) is 5.43. The monoisotopic (exact) mass is 403 g/mol. The van der Waals surface area contributed by atoms with Gasteiger partial charge in [0.2, 0.25) is 10.1 Å². The minimum Gasteiger partial charge on any atom is -0.396 e. The molecule has 0 atom stereocenters. The first-order valence-electron chi connectivity index (χ1n) is 9.53. The quantitative estimate of drug-likeness (QED) is 0.461. The zero-order chi connectivity index (χ0) is 19.2. The molecule has 28 heavy (non-hydrogen) atoms. The van der Waals surface area contributed by atoms with Crippen molar-refractivity contribution >= 4 is 27.2 Å². The number of imidazole rings is 1. The van der Waals surface area contributed by atoms with E-state index >= 15 is 0 Å². The molecule has 0 aliphatic carbocycles. The predicted molar refractivity (Wildman–Crippen MR) is 110 cm³/mol. The molecule has 0 saturated carbocycles. The van der Waals surface area contributed by atoms with E-state index in [1.165, 1.54) is 11.3 Å². The van der Waals surface area contributed by atoms with E-state index in [4.69, 9.17) is 9.84 Å². The molecular weight excluding hydrogens is 378 g/mol. The van der Waals surface area contributed by atoms with Crippen LogP contribution < -0.4 is 10.6 Å². The van der Waals surface area contributed by atoms with E-state index in [0.29, 0.717) is 13.0 Å². The lowest BCUT2D eigenvalue weighted by Crippen LogP contribution is -2.39. The molecular formula is C18H25N7O2S. The highest BCUT2D eigenvalue weighted by Gasteiger charge is 2.11. The molecule has 4 heterocycles. The van der Waals surface area contributed by atoms with Crippen LogP contribution >= 0.6 is 11.3 Å². The van der Waals surface area contributed by atoms with E-state index in [1.807, 2.05) is 24.5 Å². The molecule has 1 aliphatic rings. The number of hydrogen-bond donors (Lipinski definition) is 3. The average molecular weight is 404 g/mol. The van der Waals surface area contributed by atoms with Gasteiger partial charge in [-0.05, 0) is 18.6 Å². The summed E-state index contributed by atoms with van der Waals surface area (Å²) in [6.45, 7) is 6.37. The molecule has 0 unspecified atom stereocenters. The van der Waals surface area contributed by atoms with Crippen molar-refractivity contribution in [3.05, 3.63) is 24.5 Å². The van der Waals surface area contributed by atoms with Crippen molar-refractivity contribution in [3.63, 3.8) is 0 Å². The highest BCUT2D eigenvalue weighted by molar-refractivity contribution is 7.20. The lowest BCUT2D eigenvalue weighted by molar-refractivity contribution is 0.0398. The molecule has 0 spiro atoms. The number of aliphatic hydroxyl groups excluding tert-OH is 1. The topological polar surface area (TPSA) is 99.8 Å². The van der Waals surface area contributed by atoms with Crippen LogP contribution in [0.4, 0.5) is 10.9 Å². The fraction of sp³-hybridized carbons (Fsp3) is 0.500. The van der Waals surface area contributed by atoms with Crippen molar-refractivity contribution < 1.29 is 9.84 Å². The molecule has 1 aliphatic heterocycles. The SMILES string of the molecule is OCCCNc1nn2cc(-c3ccc(NCCN4CCOCC4)nc3)nc2s1. The minimum absolute atomic E-state index is 0.171. The van der Waals surface area contributed by atoms with Gasteiger partial charge >= 0.3 is 0 Å². The number of aromatic nitrogens is 4. The average Bonchev–Trinajstić information content (AvgIpc) is 3.28. The van der Waals surface area contributed by atoms with Crippen LogP contribution in [0.1, 0.15) is 6.42 Å². The Morgan fingerprint density at radius 1 is 1.18 bits per heavy atom. The van der Waals surface area contributed by atoms with Crippen molar-refractivity contribution in [3.8, 4) is 11.3 Å². The highest BCUT2D eigenvalue weighted by Crippen LogP contribution is 2.24. The Bertz CT molecular complexity index is 842. The Hall–Kier alpha value is -2.27. The van der Waals surface area contributed by atoms with Gasteiger partial charge in [-0.1, -0.05) is 11.3 Å². The van der Waals surface area contributed by atoms with E-state index in [1.54, 1.807) is 4.52 Å². The highest BCUT2D eigenvalue weighted by atomic mass is 32.1. The number of pyridine rings is 1. The first-order valence-corrected chi connectivity index (χ1v) is 10.3. The molecule has 0 aromatic carbocycles. The fourth-order valence-corrected chi connectivity index (χ4v) is 3.81. The zero-order valence-corrected chi connectivity index (χ0v) is 16.5. The summed E-state index contributed by atoms with van der Waals surface area (Å²) in [4.78, 5) is 12.4. The Morgan fingerprint density at radius 2 is 2.07 bits per heavy atom. The van der Waals surface area contributed by atoms with Crippen molar-refractivity contribution in [1.82, 2.24) is 24.5 Å². The third-order valence-electron chi connectivity index (χ3n) is 4.55. The van der Waals surface area contributed by atoms with Crippen molar-refractivity contribution in [2.24, 2.45) is 0 Å². The van der Waals surface area contributed by atoms with Gasteiger partial charge in [0.15, 0.2) is 0 Å². The van der Waals surface area contributed by atoms with Gasteiger partial charge in [0, 0.05) is 51.1 Å². The standard InChI is InChI=1S/C18H25N7O2S/c26-9-1-4-20-17-23-25-13-15(22-18(25)28-17)14-2-3-16(21-12-14)19-5-6-24-7-10-27-11-8-24/h2-3,12-13,26H,1,4-11H2,(H,19,21)(H,20,23). The summed E-state index contributed by atoms with van der Waals surface area (Å²) in [7, 11) is 0. The van der Waals surface area contributed by atoms with Crippen molar-refractivity contribution in [2.75, 3.05) is 63.2 Å².